The number of hydrogen-bond acceptors (Lipinski definition) is 3. The fourth-order valence-corrected chi connectivity index (χ4v) is 4.12. The number of ether oxygens (including phenoxy) is 1. The van der Waals surface area contributed by atoms with Gasteiger partial charge in [-0.15, -0.1) is 0 Å². The molecule has 4 aromatic carbocycles. The molecule has 178 valence electrons. The van der Waals surface area contributed by atoms with Crippen molar-refractivity contribution < 1.29 is 14.3 Å². The summed E-state index contributed by atoms with van der Waals surface area (Å²) in [7, 11) is 0. The van der Waals surface area contributed by atoms with Crippen LogP contribution in [0.25, 0.3) is 10.8 Å². The first-order chi connectivity index (χ1) is 17.0. The van der Waals surface area contributed by atoms with Gasteiger partial charge in [-0.1, -0.05) is 55.5 Å². The summed E-state index contributed by atoms with van der Waals surface area (Å²) in [4.78, 5) is 27.9. The van der Waals surface area contributed by atoms with Gasteiger partial charge < -0.3 is 15.0 Å². The number of nitrogens with one attached hydrogen (secondary N) is 1. The molecular weight excluding hydrogens is 436 g/mol. The van der Waals surface area contributed by atoms with Gasteiger partial charge in [0.25, 0.3) is 11.8 Å². The summed E-state index contributed by atoms with van der Waals surface area (Å²) in [6, 6.07) is 28.7. The van der Waals surface area contributed by atoms with Gasteiger partial charge in [-0.2, -0.15) is 0 Å². The molecular formula is C30H30N2O3. The van der Waals surface area contributed by atoms with Crippen molar-refractivity contribution in [3.8, 4) is 5.75 Å². The molecule has 5 heteroatoms. The summed E-state index contributed by atoms with van der Waals surface area (Å²) >= 11 is 0. The molecule has 0 aliphatic rings. The Bertz CT molecular complexity index is 1330. The molecule has 0 bridgehead atoms. The number of nitrogens with zero attached hydrogens (tertiary/aromatic N) is 1. The lowest BCUT2D eigenvalue weighted by Gasteiger charge is -2.23. The van der Waals surface area contributed by atoms with E-state index >= 15 is 0 Å². The number of carbonyl (C=O) groups excluding carboxylic acids is 2. The van der Waals surface area contributed by atoms with Gasteiger partial charge in [-0.05, 0) is 73.7 Å². The molecule has 35 heavy (non-hydrogen) atoms. The molecule has 1 unspecified atom stereocenters. The fraction of sp³-hybridized carbons (Fsp3) is 0.200. The molecule has 5 nitrogen and oxygen atoms in total. The molecule has 0 spiro atoms. The van der Waals surface area contributed by atoms with Gasteiger partial charge in [0.2, 0.25) is 0 Å². The van der Waals surface area contributed by atoms with Gasteiger partial charge in [-0.25, -0.2) is 0 Å². The second-order valence-electron chi connectivity index (χ2n) is 8.45. The van der Waals surface area contributed by atoms with E-state index in [-0.39, 0.29) is 11.8 Å². The Morgan fingerprint density at radius 3 is 2.31 bits per heavy atom. The molecule has 4 rings (SSSR count). The summed E-state index contributed by atoms with van der Waals surface area (Å²) in [5.41, 5.74) is 3.13. The van der Waals surface area contributed by atoms with E-state index in [4.69, 9.17) is 4.74 Å². The third-order valence-corrected chi connectivity index (χ3v) is 5.95. The molecule has 0 saturated heterocycles. The molecule has 0 aromatic heterocycles. The Labute approximate surface area is 206 Å². The molecule has 0 fully saturated rings. The summed E-state index contributed by atoms with van der Waals surface area (Å²) < 4.78 is 5.90. The molecule has 1 atom stereocenters. The van der Waals surface area contributed by atoms with E-state index in [2.05, 4.69) is 5.32 Å². The van der Waals surface area contributed by atoms with Crippen molar-refractivity contribution >= 4 is 34.0 Å². The second kappa shape index (κ2) is 10.9. The minimum Gasteiger partial charge on any atom is -0.481 e. The summed E-state index contributed by atoms with van der Waals surface area (Å²) in [5.74, 6) is 0.357. The number of anilines is 2. The van der Waals surface area contributed by atoms with E-state index in [9.17, 15) is 9.59 Å². The summed E-state index contributed by atoms with van der Waals surface area (Å²) in [6.07, 6.45) is -0.0765. The maximum atomic E-state index is 13.4. The SMILES string of the molecule is CCC(Oc1cccc(C)c1)C(=O)Nc1ccc(C(=O)N(CC)c2cccc3ccccc23)cc1. The lowest BCUT2D eigenvalue weighted by atomic mass is 10.1. The normalized spacial score (nSPS) is 11.6. The highest BCUT2D eigenvalue weighted by Gasteiger charge is 2.20. The van der Waals surface area contributed by atoms with Gasteiger partial charge in [0.05, 0.1) is 5.69 Å². The Morgan fingerprint density at radius 2 is 1.60 bits per heavy atom. The van der Waals surface area contributed by atoms with Crippen LogP contribution in [0.5, 0.6) is 5.75 Å². The van der Waals surface area contributed by atoms with Crippen molar-refractivity contribution in [2.75, 3.05) is 16.8 Å². The smallest absolute Gasteiger partial charge is 0.265 e. The van der Waals surface area contributed by atoms with Crippen molar-refractivity contribution in [2.45, 2.75) is 33.3 Å². The third-order valence-electron chi connectivity index (χ3n) is 5.95. The van der Waals surface area contributed by atoms with Crippen LogP contribution in [0.1, 0.15) is 36.2 Å². The highest BCUT2D eigenvalue weighted by molar-refractivity contribution is 6.11. The maximum absolute atomic E-state index is 13.4. The van der Waals surface area contributed by atoms with E-state index in [1.54, 1.807) is 29.2 Å². The van der Waals surface area contributed by atoms with Gasteiger partial charge >= 0.3 is 0 Å². The maximum Gasteiger partial charge on any atom is 0.265 e. The van der Waals surface area contributed by atoms with E-state index < -0.39 is 6.10 Å². The Morgan fingerprint density at radius 1 is 0.886 bits per heavy atom. The van der Waals surface area contributed by atoms with Crippen LogP contribution in [0.15, 0.2) is 91.0 Å². The molecule has 0 saturated carbocycles. The Hall–Kier alpha value is -4.12. The van der Waals surface area contributed by atoms with Crippen molar-refractivity contribution in [1.82, 2.24) is 0 Å². The highest BCUT2D eigenvalue weighted by atomic mass is 16.5. The lowest BCUT2D eigenvalue weighted by molar-refractivity contribution is -0.122. The third kappa shape index (κ3) is 5.52. The van der Waals surface area contributed by atoms with Crippen LogP contribution in [-0.2, 0) is 4.79 Å². The van der Waals surface area contributed by atoms with E-state index in [1.807, 2.05) is 87.5 Å². The average molecular weight is 467 g/mol. The first kappa shape index (κ1) is 24.0. The number of amides is 2. The zero-order valence-corrected chi connectivity index (χ0v) is 20.3. The molecule has 0 aliphatic heterocycles. The topological polar surface area (TPSA) is 58.6 Å². The first-order valence-electron chi connectivity index (χ1n) is 11.9. The molecule has 4 aromatic rings. The van der Waals surface area contributed by atoms with E-state index in [0.717, 1.165) is 22.0 Å². The van der Waals surface area contributed by atoms with Crippen molar-refractivity contribution in [1.29, 1.82) is 0 Å². The van der Waals surface area contributed by atoms with Crippen LogP contribution < -0.4 is 15.0 Å². The highest BCUT2D eigenvalue weighted by Crippen LogP contribution is 2.28. The zero-order chi connectivity index (χ0) is 24.8. The van der Waals surface area contributed by atoms with Crippen LogP contribution in [-0.4, -0.2) is 24.5 Å². The quantitative estimate of drug-likeness (QED) is 0.318. The number of rotatable bonds is 8. The predicted molar refractivity (Wildman–Crippen MR) is 142 cm³/mol. The molecule has 0 aliphatic carbocycles. The number of carbonyl (C=O) groups is 2. The average Bonchev–Trinajstić information content (AvgIpc) is 2.88. The zero-order valence-electron chi connectivity index (χ0n) is 20.3. The van der Waals surface area contributed by atoms with E-state index in [0.29, 0.717) is 30.0 Å². The van der Waals surface area contributed by atoms with Crippen molar-refractivity contribution in [3.63, 3.8) is 0 Å². The molecule has 1 N–H and O–H groups in total. The van der Waals surface area contributed by atoms with Crippen LogP contribution >= 0.6 is 0 Å². The van der Waals surface area contributed by atoms with Gasteiger partial charge in [0.15, 0.2) is 6.10 Å². The fourth-order valence-electron chi connectivity index (χ4n) is 4.12. The summed E-state index contributed by atoms with van der Waals surface area (Å²) in [6.45, 7) is 6.40. The first-order valence-corrected chi connectivity index (χ1v) is 11.9. The van der Waals surface area contributed by atoms with Crippen LogP contribution in [0.3, 0.4) is 0 Å². The number of benzene rings is 4. The van der Waals surface area contributed by atoms with Gasteiger partial charge in [0.1, 0.15) is 5.75 Å². The second-order valence-corrected chi connectivity index (χ2v) is 8.45. The summed E-state index contributed by atoms with van der Waals surface area (Å²) in [5, 5.41) is 5.03. The Kier molecular flexibility index (Phi) is 7.46. The Balaban J connectivity index is 1.47. The van der Waals surface area contributed by atoms with Gasteiger partial charge in [-0.3, -0.25) is 9.59 Å². The van der Waals surface area contributed by atoms with Crippen LogP contribution in [0, 0.1) is 6.92 Å². The van der Waals surface area contributed by atoms with Crippen molar-refractivity contribution in [2.24, 2.45) is 0 Å². The van der Waals surface area contributed by atoms with Crippen LogP contribution in [0.2, 0.25) is 0 Å². The lowest BCUT2D eigenvalue weighted by Crippen LogP contribution is -2.32. The molecule has 0 heterocycles. The minimum atomic E-state index is -0.611. The van der Waals surface area contributed by atoms with Gasteiger partial charge in [0, 0.05) is 23.2 Å². The largest absolute Gasteiger partial charge is 0.481 e. The number of hydrogen-bond donors (Lipinski definition) is 1. The minimum absolute atomic E-state index is 0.0871. The number of fused-ring (bicyclic) bond motifs is 1. The standard InChI is InChI=1S/C30H30N2O3/c1-4-28(35-25-13-8-10-21(3)20-25)29(33)31-24-18-16-23(17-19-24)30(34)32(5-2)27-15-9-12-22-11-6-7-14-26(22)27/h6-20,28H,4-5H2,1-3H3,(H,31,33). The predicted octanol–water partition coefficient (Wildman–Crippen LogP) is 6.61. The molecule has 0 radical (unpaired) electrons. The number of aryl methyl sites for hydroxylation is 1. The molecule has 2 amide bonds. The van der Waals surface area contributed by atoms with E-state index in [1.165, 1.54) is 0 Å². The monoisotopic (exact) mass is 466 g/mol. The van der Waals surface area contributed by atoms with Crippen LogP contribution in [0.4, 0.5) is 11.4 Å². The van der Waals surface area contributed by atoms with Crippen molar-refractivity contribution in [3.05, 3.63) is 102 Å².